The summed E-state index contributed by atoms with van der Waals surface area (Å²) in [6, 6.07) is 4.04. The molecule has 0 aliphatic heterocycles. The van der Waals surface area contributed by atoms with Gasteiger partial charge in [-0.1, -0.05) is 24.6 Å². The van der Waals surface area contributed by atoms with Crippen LogP contribution in [0.5, 0.6) is 0 Å². The van der Waals surface area contributed by atoms with Gasteiger partial charge in [-0.25, -0.2) is 17.5 Å². The van der Waals surface area contributed by atoms with Gasteiger partial charge >= 0.3 is 0 Å². The minimum Gasteiger partial charge on any atom is -0.419 e. The number of sulfonamides is 1. The summed E-state index contributed by atoms with van der Waals surface area (Å²) in [6.07, 6.45) is 0.582. The molecule has 0 saturated carbocycles. The van der Waals surface area contributed by atoms with E-state index in [4.69, 9.17) is 16.0 Å². The lowest BCUT2D eigenvalue weighted by atomic mass is 10.2. The van der Waals surface area contributed by atoms with Gasteiger partial charge in [0.25, 0.3) is 5.89 Å². The Labute approximate surface area is 161 Å². The van der Waals surface area contributed by atoms with Crippen molar-refractivity contribution in [1.82, 2.24) is 19.9 Å². The Hall–Kier alpha value is -2.23. The van der Waals surface area contributed by atoms with Gasteiger partial charge in [-0.15, -0.1) is 10.2 Å². The molecule has 0 saturated heterocycles. The lowest BCUT2D eigenvalue weighted by molar-refractivity contribution is 0.511. The fourth-order valence-electron chi connectivity index (χ4n) is 2.75. The normalized spacial score (nSPS) is 11.9. The van der Waals surface area contributed by atoms with Crippen molar-refractivity contribution in [2.75, 3.05) is 0 Å². The summed E-state index contributed by atoms with van der Waals surface area (Å²) in [5.41, 5.74) is 1.93. The summed E-state index contributed by atoms with van der Waals surface area (Å²) in [5.74, 6) is 0.142. The molecule has 144 valence electrons. The van der Waals surface area contributed by atoms with Gasteiger partial charge in [-0.05, 0) is 37.1 Å². The van der Waals surface area contributed by atoms with Crippen molar-refractivity contribution in [3.8, 4) is 11.6 Å². The molecule has 2 N–H and O–H groups in total. The van der Waals surface area contributed by atoms with Crippen molar-refractivity contribution in [3.05, 3.63) is 51.8 Å². The fourth-order valence-corrected chi connectivity index (χ4v) is 4.41. The van der Waals surface area contributed by atoms with E-state index in [9.17, 15) is 12.8 Å². The van der Waals surface area contributed by atoms with Gasteiger partial charge in [0.05, 0.1) is 5.02 Å². The predicted molar refractivity (Wildman–Crippen MR) is 98.4 cm³/mol. The van der Waals surface area contributed by atoms with Crippen LogP contribution in [0.15, 0.2) is 27.5 Å². The number of aryl methyl sites for hydroxylation is 2. The number of rotatable bonds is 6. The van der Waals surface area contributed by atoms with E-state index in [2.05, 4.69) is 19.9 Å². The number of halogens is 2. The van der Waals surface area contributed by atoms with Gasteiger partial charge in [-0.3, -0.25) is 0 Å². The first-order valence-electron chi connectivity index (χ1n) is 8.18. The van der Waals surface area contributed by atoms with E-state index in [0.29, 0.717) is 34.8 Å². The molecule has 0 spiro atoms. The molecule has 27 heavy (non-hydrogen) atoms. The smallest absolute Gasteiger partial charge is 0.264 e. The second-order valence-corrected chi connectivity index (χ2v) is 8.12. The number of benzene rings is 1. The third-order valence-electron chi connectivity index (χ3n) is 4.07. The molecule has 0 atom stereocenters. The number of hydrogen-bond donors (Lipinski definition) is 2. The van der Waals surface area contributed by atoms with E-state index in [1.54, 1.807) is 13.8 Å². The molecule has 3 aromatic rings. The summed E-state index contributed by atoms with van der Waals surface area (Å²) in [5, 5.41) is 7.79. The molecule has 10 heteroatoms. The van der Waals surface area contributed by atoms with E-state index in [1.165, 1.54) is 18.2 Å². The van der Waals surface area contributed by atoms with Gasteiger partial charge in [0.1, 0.15) is 16.4 Å². The van der Waals surface area contributed by atoms with Gasteiger partial charge in [0.2, 0.25) is 15.9 Å². The van der Waals surface area contributed by atoms with E-state index in [0.717, 1.165) is 0 Å². The van der Waals surface area contributed by atoms with Crippen molar-refractivity contribution >= 4 is 21.6 Å². The Kier molecular flexibility index (Phi) is 5.36. The highest BCUT2D eigenvalue weighted by Gasteiger charge is 2.26. The Morgan fingerprint density at radius 1 is 1.30 bits per heavy atom. The lowest BCUT2D eigenvalue weighted by Crippen LogP contribution is -2.24. The van der Waals surface area contributed by atoms with Crippen molar-refractivity contribution in [2.45, 2.75) is 38.6 Å². The monoisotopic (exact) mass is 412 g/mol. The third kappa shape index (κ3) is 3.90. The van der Waals surface area contributed by atoms with Crippen molar-refractivity contribution in [2.24, 2.45) is 0 Å². The molecule has 2 aromatic heterocycles. The maximum Gasteiger partial charge on any atom is 0.264 e. The Morgan fingerprint density at radius 2 is 2.04 bits per heavy atom. The van der Waals surface area contributed by atoms with Crippen LogP contribution in [0.1, 0.15) is 29.6 Å². The summed E-state index contributed by atoms with van der Waals surface area (Å²) in [4.78, 5) is 3.11. The summed E-state index contributed by atoms with van der Waals surface area (Å²) in [7, 11) is -3.84. The van der Waals surface area contributed by atoms with E-state index in [1.807, 2.05) is 6.92 Å². The second-order valence-electron chi connectivity index (χ2n) is 6.01. The van der Waals surface area contributed by atoms with Crippen LogP contribution in [0.4, 0.5) is 4.39 Å². The molecule has 0 fully saturated rings. The van der Waals surface area contributed by atoms with Crippen LogP contribution in [0.3, 0.4) is 0 Å². The zero-order chi connectivity index (χ0) is 19.8. The molecule has 0 unspecified atom stereocenters. The van der Waals surface area contributed by atoms with E-state index in [-0.39, 0.29) is 22.4 Å². The molecule has 0 amide bonds. The summed E-state index contributed by atoms with van der Waals surface area (Å²) in [6.45, 7) is 5.17. The average molecular weight is 413 g/mol. The molecule has 0 bridgehead atoms. The predicted octanol–water partition coefficient (Wildman–Crippen LogP) is 3.51. The van der Waals surface area contributed by atoms with Crippen LogP contribution >= 0.6 is 11.6 Å². The maximum absolute atomic E-state index is 13.2. The largest absolute Gasteiger partial charge is 0.419 e. The van der Waals surface area contributed by atoms with Crippen molar-refractivity contribution < 1.29 is 17.2 Å². The number of H-pyrrole nitrogens is 1. The zero-order valence-electron chi connectivity index (χ0n) is 14.9. The van der Waals surface area contributed by atoms with Gasteiger partial charge in [0.15, 0.2) is 0 Å². The minimum atomic E-state index is -3.84. The van der Waals surface area contributed by atoms with E-state index < -0.39 is 15.8 Å². The number of nitrogens with zero attached hydrogens (tertiary/aromatic N) is 2. The molecule has 1 aromatic carbocycles. The van der Waals surface area contributed by atoms with Crippen LogP contribution in [-0.2, 0) is 23.0 Å². The first kappa shape index (κ1) is 19.5. The van der Waals surface area contributed by atoms with Crippen molar-refractivity contribution in [1.29, 1.82) is 0 Å². The van der Waals surface area contributed by atoms with Crippen LogP contribution in [0.2, 0.25) is 5.02 Å². The van der Waals surface area contributed by atoms with E-state index >= 15 is 0 Å². The van der Waals surface area contributed by atoms with Gasteiger partial charge < -0.3 is 9.40 Å². The average Bonchev–Trinajstić information content (AvgIpc) is 3.20. The highest BCUT2D eigenvalue weighted by Crippen LogP contribution is 2.30. The van der Waals surface area contributed by atoms with Crippen molar-refractivity contribution in [3.63, 3.8) is 0 Å². The first-order chi connectivity index (χ1) is 12.7. The fraction of sp³-hybridized carbons (Fsp3) is 0.294. The summed E-state index contributed by atoms with van der Waals surface area (Å²) < 4.78 is 46.9. The van der Waals surface area contributed by atoms with Crippen LogP contribution in [0.25, 0.3) is 11.6 Å². The lowest BCUT2D eigenvalue weighted by Gasteiger charge is -2.08. The topological polar surface area (TPSA) is 101 Å². The van der Waals surface area contributed by atoms with Crippen LogP contribution in [-0.4, -0.2) is 23.6 Å². The third-order valence-corrected chi connectivity index (χ3v) is 6.03. The molecule has 7 nitrogen and oxygen atoms in total. The molecular weight excluding hydrogens is 395 g/mol. The van der Waals surface area contributed by atoms with Crippen LogP contribution < -0.4 is 4.72 Å². The Morgan fingerprint density at radius 3 is 2.67 bits per heavy atom. The quantitative estimate of drug-likeness (QED) is 0.645. The van der Waals surface area contributed by atoms with Gasteiger partial charge in [-0.2, -0.15) is 0 Å². The summed E-state index contributed by atoms with van der Waals surface area (Å²) >= 11 is 5.74. The molecule has 2 heterocycles. The van der Waals surface area contributed by atoms with Crippen LogP contribution in [0, 0.1) is 19.7 Å². The molecule has 3 rings (SSSR count). The number of aromatic nitrogens is 3. The van der Waals surface area contributed by atoms with Gasteiger partial charge in [0, 0.05) is 18.7 Å². The molecular formula is C17H18ClFN4O3S. The number of nitrogens with one attached hydrogen (secondary N) is 2. The Bertz CT molecular complexity index is 1090. The highest BCUT2D eigenvalue weighted by atomic mass is 35.5. The molecule has 0 aliphatic carbocycles. The maximum atomic E-state index is 13.2. The SMILES string of the molecule is CCc1nnc(-c2[nH]c(C)c(S(=O)(=O)NCc3ccc(F)c(Cl)c3)c2C)o1. The first-order valence-corrected chi connectivity index (χ1v) is 10.0. The molecule has 0 radical (unpaired) electrons. The Balaban J connectivity index is 1.89. The standard InChI is InChI=1S/C17H18ClFN4O3S/c1-4-14-22-23-17(26-14)15-9(2)16(10(3)21-15)27(24,25)20-8-11-5-6-13(19)12(18)7-11/h5-7,20-21H,4,8H2,1-3H3. The number of hydrogen-bond acceptors (Lipinski definition) is 5. The highest BCUT2D eigenvalue weighted by molar-refractivity contribution is 7.89. The minimum absolute atomic E-state index is 0.0255. The molecule has 0 aliphatic rings. The second kappa shape index (κ2) is 7.41. The zero-order valence-corrected chi connectivity index (χ0v) is 16.5. The number of aromatic amines is 1.